The van der Waals surface area contributed by atoms with E-state index in [1.165, 1.54) is 19.3 Å². The Morgan fingerprint density at radius 3 is 2.85 bits per heavy atom. The minimum atomic E-state index is -0.403. The number of hydrogen-bond donors (Lipinski definition) is 2. The number of aryl methyl sites for hydroxylation is 2. The van der Waals surface area contributed by atoms with E-state index in [9.17, 15) is 4.79 Å². The highest BCUT2D eigenvalue weighted by Crippen LogP contribution is 2.26. The molecular weight excluding hydrogens is 252 g/mol. The zero-order valence-electron chi connectivity index (χ0n) is 12.6. The summed E-state index contributed by atoms with van der Waals surface area (Å²) in [6, 6.07) is -0.403. The third-order valence-electron chi connectivity index (χ3n) is 4.16. The molecule has 0 unspecified atom stereocenters. The molecular formula is C15H26N4O. The van der Waals surface area contributed by atoms with Gasteiger partial charge in [0.05, 0.1) is 12.2 Å². The van der Waals surface area contributed by atoms with Crippen molar-refractivity contribution in [1.29, 1.82) is 0 Å². The van der Waals surface area contributed by atoms with Crippen LogP contribution in [0.5, 0.6) is 0 Å². The van der Waals surface area contributed by atoms with Crippen molar-refractivity contribution >= 4 is 11.7 Å². The summed E-state index contributed by atoms with van der Waals surface area (Å²) >= 11 is 0. The first-order valence-electron chi connectivity index (χ1n) is 7.72. The molecule has 0 spiro atoms. The van der Waals surface area contributed by atoms with Crippen molar-refractivity contribution in [1.82, 2.24) is 9.78 Å². The van der Waals surface area contributed by atoms with Crippen molar-refractivity contribution < 1.29 is 4.79 Å². The molecule has 0 aromatic carbocycles. The van der Waals surface area contributed by atoms with Gasteiger partial charge in [0.25, 0.3) is 0 Å². The first-order chi connectivity index (χ1) is 9.63. The van der Waals surface area contributed by atoms with Crippen LogP contribution in [0.15, 0.2) is 6.20 Å². The summed E-state index contributed by atoms with van der Waals surface area (Å²) in [5.74, 6) is 1.05. The highest BCUT2D eigenvalue weighted by Gasteiger charge is 2.27. The van der Waals surface area contributed by atoms with E-state index in [2.05, 4.69) is 17.3 Å². The summed E-state index contributed by atoms with van der Waals surface area (Å²) in [4.78, 5) is 12.3. The number of hydrogen-bond acceptors (Lipinski definition) is 3. The van der Waals surface area contributed by atoms with Gasteiger partial charge in [-0.2, -0.15) is 5.10 Å². The Bertz CT molecular complexity index is 449. The van der Waals surface area contributed by atoms with Crippen LogP contribution >= 0.6 is 0 Å². The number of nitrogens with two attached hydrogens (primary N) is 1. The van der Waals surface area contributed by atoms with Crippen LogP contribution in [0.25, 0.3) is 0 Å². The lowest BCUT2D eigenvalue weighted by molar-refractivity contribution is -0.118. The second-order valence-electron chi connectivity index (χ2n) is 5.81. The van der Waals surface area contributed by atoms with Crippen LogP contribution in [0.1, 0.15) is 51.0 Å². The average molecular weight is 278 g/mol. The van der Waals surface area contributed by atoms with Crippen LogP contribution < -0.4 is 11.1 Å². The van der Waals surface area contributed by atoms with E-state index in [-0.39, 0.29) is 5.91 Å². The summed E-state index contributed by atoms with van der Waals surface area (Å²) < 4.78 is 1.85. The molecule has 1 heterocycles. The normalized spacial score (nSPS) is 17.9. The predicted molar refractivity (Wildman–Crippen MR) is 80.4 cm³/mol. The molecule has 5 heteroatoms. The lowest BCUT2D eigenvalue weighted by atomic mass is 9.84. The number of amides is 1. The minimum absolute atomic E-state index is 0.0714. The average Bonchev–Trinajstić information content (AvgIpc) is 2.81. The summed E-state index contributed by atoms with van der Waals surface area (Å²) in [5, 5.41) is 7.27. The molecule has 1 aliphatic rings. The van der Waals surface area contributed by atoms with E-state index < -0.39 is 6.04 Å². The molecule has 5 nitrogen and oxygen atoms in total. The molecule has 2 rings (SSSR count). The molecule has 0 saturated heterocycles. The quantitative estimate of drug-likeness (QED) is 0.869. The molecule has 1 amide bonds. The number of aromatic nitrogens is 2. The molecule has 0 bridgehead atoms. The third kappa shape index (κ3) is 3.39. The second-order valence-corrected chi connectivity index (χ2v) is 5.81. The fraction of sp³-hybridized carbons (Fsp3) is 0.733. The minimum Gasteiger partial charge on any atom is -0.320 e. The fourth-order valence-corrected chi connectivity index (χ4v) is 2.93. The van der Waals surface area contributed by atoms with Crippen LogP contribution in [0.2, 0.25) is 0 Å². The summed E-state index contributed by atoms with van der Waals surface area (Å²) in [5.41, 5.74) is 7.13. The van der Waals surface area contributed by atoms with Gasteiger partial charge >= 0.3 is 0 Å². The van der Waals surface area contributed by atoms with Gasteiger partial charge in [-0.05, 0) is 32.1 Å². The molecule has 20 heavy (non-hydrogen) atoms. The van der Waals surface area contributed by atoms with Crippen LogP contribution in [0, 0.1) is 12.8 Å². The molecule has 0 radical (unpaired) electrons. The van der Waals surface area contributed by atoms with Crippen LogP contribution in [0.4, 0.5) is 5.82 Å². The van der Waals surface area contributed by atoms with Crippen LogP contribution in [-0.2, 0) is 11.3 Å². The van der Waals surface area contributed by atoms with E-state index in [1.807, 2.05) is 11.6 Å². The van der Waals surface area contributed by atoms with Crippen LogP contribution in [0.3, 0.4) is 0 Å². The molecule has 1 aromatic rings. The first kappa shape index (κ1) is 15.0. The highest BCUT2D eigenvalue weighted by atomic mass is 16.2. The highest BCUT2D eigenvalue weighted by molar-refractivity contribution is 5.94. The van der Waals surface area contributed by atoms with E-state index in [1.54, 1.807) is 6.20 Å². The SMILES string of the molecule is CCCn1ncc(C)c1NC(=O)[C@@H](N)C1CCCCC1. The number of anilines is 1. The van der Waals surface area contributed by atoms with Gasteiger partial charge in [0.1, 0.15) is 5.82 Å². The van der Waals surface area contributed by atoms with E-state index in [0.717, 1.165) is 37.2 Å². The van der Waals surface area contributed by atoms with Gasteiger partial charge in [0.2, 0.25) is 5.91 Å². The maximum absolute atomic E-state index is 12.3. The largest absolute Gasteiger partial charge is 0.320 e. The Labute approximate surface area is 120 Å². The maximum Gasteiger partial charge on any atom is 0.242 e. The predicted octanol–water partition coefficient (Wildman–Crippen LogP) is 2.45. The molecule has 1 fully saturated rings. The van der Waals surface area contributed by atoms with Crippen molar-refractivity contribution in [2.75, 3.05) is 5.32 Å². The standard InChI is InChI=1S/C15H26N4O/c1-3-9-19-14(11(2)10-17-19)18-15(20)13(16)12-7-5-4-6-8-12/h10,12-13H,3-9,16H2,1-2H3,(H,18,20)/t13-/m0/s1. The number of carbonyl (C=O) groups is 1. The topological polar surface area (TPSA) is 72.9 Å². The van der Waals surface area contributed by atoms with Gasteiger partial charge < -0.3 is 11.1 Å². The van der Waals surface area contributed by atoms with Crippen molar-refractivity contribution in [3.05, 3.63) is 11.8 Å². The summed E-state index contributed by atoms with van der Waals surface area (Å²) in [6.45, 7) is 4.86. The Kier molecular flexibility index (Phi) is 5.17. The molecule has 0 aliphatic heterocycles. The van der Waals surface area contributed by atoms with Crippen molar-refractivity contribution in [3.8, 4) is 0 Å². The van der Waals surface area contributed by atoms with Crippen molar-refractivity contribution in [3.63, 3.8) is 0 Å². The Hall–Kier alpha value is -1.36. The third-order valence-corrected chi connectivity index (χ3v) is 4.16. The number of nitrogens with zero attached hydrogens (tertiary/aromatic N) is 2. The van der Waals surface area contributed by atoms with Gasteiger partial charge in [-0.3, -0.25) is 4.79 Å². The molecule has 1 aromatic heterocycles. The summed E-state index contributed by atoms with van der Waals surface area (Å²) in [6.07, 6.45) is 8.57. The molecule has 1 atom stereocenters. The van der Waals surface area contributed by atoms with E-state index >= 15 is 0 Å². The smallest absolute Gasteiger partial charge is 0.242 e. The lowest BCUT2D eigenvalue weighted by Crippen LogP contribution is -2.43. The number of rotatable bonds is 5. The Morgan fingerprint density at radius 1 is 1.50 bits per heavy atom. The first-order valence-corrected chi connectivity index (χ1v) is 7.72. The Morgan fingerprint density at radius 2 is 2.20 bits per heavy atom. The van der Waals surface area contributed by atoms with Gasteiger partial charge in [0.15, 0.2) is 0 Å². The van der Waals surface area contributed by atoms with Crippen LogP contribution in [-0.4, -0.2) is 21.7 Å². The van der Waals surface area contributed by atoms with Crippen molar-refractivity contribution in [2.24, 2.45) is 11.7 Å². The monoisotopic (exact) mass is 278 g/mol. The zero-order valence-corrected chi connectivity index (χ0v) is 12.6. The van der Waals surface area contributed by atoms with Gasteiger partial charge in [-0.1, -0.05) is 26.2 Å². The Balaban J connectivity index is 2.01. The van der Waals surface area contributed by atoms with Crippen molar-refractivity contribution in [2.45, 2.75) is 65.0 Å². The lowest BCUT2D eigenvalue weighted by Gasteiger charge is -2.26. The van der Waals surface area contributed by atoms with Gasteiger partial charge in [-0.25, -0.2) is 4.68 Å². The molecule has 1 aliphatic carbocycles. The maximum atomic E-state index is 12.3. The molecule has 1 saturated carbocycles. The molecule has 3 N–H and O–H groups in total. The zero-order chi connectivity index (χ0) is 14.5. The second kappa shape index (κ2) is 6.88. The van der Waals surface area contributed by atoms with E-state index in [0.29, 0.717) is 5.92 Å². The number of nitrogens with one attached hydrogen (secondary N) is 1. The van der Waals surface area contributed by atoms with Gasteiger partial charge in [-0.15, -0.1) is 0 Å². The summed E-state index contributed by atoms with van der Waals surface area (Å²) in [7, 11) is 0. The fourth-order valence-electron chi connectivity index (χ4n) is 2.93. The number of carbonyl (C=O) groups excluding carboxylic acids is 1. The van der Waals surface area contributed by atoms with E-state index in [4.69, 9.17) is 5.73 Å². The van der Waals surface area contributed by atoms with Gasteiger partial charge in [0, 0.05) is 12.1 Å². The molecule has 112 valence electrons.